The lowest BCUT2D eigenvalue weighted by molar-refractivity contribution is -0.396. The fourth-order valence-corrected chi connectivity index (χ4v) is 5.31. The van der Waals surface area contributed by atoms with Crippen molar-refractivity contribution in [2.24, 2.45) is 0 Å². The van der Waals surface area contributed by atoms with E-state index < -0.39 is 41.1 Å². The molecule has 166 valence electrons. The predicted octanol–water partition coefficient (Wildman–Crippen LogP) is 3.61. The number of aromatic nitrogens is 2. The number of benzene rings is 2. The summed E-state index contributed by atoms with van der Waals surface area (Å²) in [5.74, 6) is 0. The molecule has 0 saturated carbocycles. The third kappa shape index (κ3) is 4.15. The highest BCUT2D eigenvalue weighted by Crippen LogP contribution is 2.36. The average molecular weight is 479 g/mol. The molecule has 0 atom stereocenters. The smallest absolute Gasteiger partial charge is 0.258 e. The van der Waals surface area contributed by atoms with Crippen molar-refractivity contribution in [1.29, 1.82) is 0 Å². The third-order valence-electron chi connectivity index (χ3n) is 4.31. The zero-order chi connectivity index (χ0) is 23.8. The van der Waals surface area contributed by atoms with Crippen LogP contribution in [0.25, 0.3) is 0 Å². The first-order valence-corrected chi connectivity index (χ1v) is 10.9. The van der Waals surface area contributed by atoms with Crippen LogP contribution in [0.2, 0.25) is 0 Å². The van der Waals surface area contributed by atoms with Crippen molar-refractivity contribution in [1.82, 2.24) is 9.19 Å². The molecule has 32 heavy (non-hydrogen) atoms. The lowest BCUT2D eigenvalue weighted by atomic mass is 10.3. The minimum absolute atomic E-state index is 0.105. The summed E-state index contributed by atoms with van der Waals surface area (Å²) in [6.45, 7) is 2.99. The van der Waals surface area contributed by atoms with Gasteiger partial charge in [0.15, 0.2) is 4.90 Å². The lowest BCUT2D eigenvalue weighted by Crippen LogP contribution is -2.17. The van der Waals surface area contributed by atoms with E-state index in [1.165, 1.54) is 38.1 Å². The maximum Gasteiger partial charge on any atom is 0.296 e. The van der Waals surface area contributed by atoms with Gasteiger partial charge in [-0.25, -0.2) is 0 Å². The van der Waals surface area contributed by atoms with E-state index in [1.54, 1.807) is 0 Å². The van der Waals surface area contributed by atoms with Gasteiger partial charge in [-0.15, -0.1) is 0 Å². The fraction of sp³-hybridized carbons (Fsp3) is 0.118. The first-order chi connectivity index (χ1) is 14.9. The lowest BCUT2D eigenvalue weighted by Gasteiger charge is -2.08. The van der Waals surface area contributed by atoms with Crippen LogP contribution in [-0.2, 0) is 10.0 Å². The largest absolute Gasteiger partial charge is 0.296 e. The molecule has 0 radical (unpaired) electrons. The summed E-state index contributed by atoms with van der Waals surface area (Å²) >= 11 is 1.12. The summed E-state index contributed by atoms with van der Waals surface area (Å²) in [5.41, 5.74) is -1.22. The van der Waals surface area contributed by atoms with E-state index in [0.717, 1.165) is 23.9 Å². The van der Waals surface area contributed by atoms with Crippen molar-refractivity contribution in [3.05, 3.63) is 84.2 Å². The highest BCUT2D eigenvalue weighted by Gasteiger charge is 2.32. The highest BCUT2D eigenvalue weighted by molar-refractivity contribution is 7.99. The van der Waals surface area contributed by atoms with Gasteiger partial charge in [0, 0.05) is 23.1 Å². The Bertz CT molecular complexity index is 1370. The molecule has 15 heteroatoms. The Morgan fingerprint density at radius 1 is 0.875 bits per heavy atom. The molecule has 3 rings (SSSR count). The van der Waals surface area contributed by atoms with Gasteiger partial charge in [0.2, 0.25) is 0 Å². The molecule has 0 bridgehead atoms. The van der Waals surface area contributed by atoms with Crippen LogP contribution in [0.4, 0.5) is 17.1 Å². The second kappa shape index (κ2) is 8.35. The van der Waals surface area contributed by atoms with Gasteiger partial charge < -0.3 is 0 Å². The first-order valence-electron chi connectivity index (χ1n) is 8.60. The number of nitrogens with zero attached hydrogens (tertiary/aromatic N) is 5. The molecular weight excluding hydrogens is 466 g/mol. The van der Waals surface area contributed by atoms with E-state index in [4.69, 9.17) is 0 Å². The topological polar surface area (TPSA) is 181 Å². The molecule has 0 aliphatic heterocycles. The predicted molar refractivity (Wildman–Crippen MR) is 111 cm³/mol. The SMILES string of the molecule is Cc1nn(S(=O)(=O)c2ccc([N+](=O)[O-])cc2[N+](=O)[O-])c(C)c1Sc1ccc([N+](=O)[O-])cc1. The van der Waals surface area contributed by atoms with E-state index >= 15 is 0 Å². The maximum atomic E-state index is 13.1. The van der Waals surface area contributed by atoms with E-state index in [9.17, 15) is 38.8 Å². The van der Waals surface area contributed by atoms with Gasteiger partial charge in [0.1, 0.15) is 0 Å². The molecule has 3 aromatic rings. The molecule has 0 fully saturated rings. The van der Waals surface area contributed by atoms with Gasteiger partial charge in [0.05, 0.1) is 37.1 Å². The van der Waals surface area contributed by atoms with E-state index in [-0.39, 0.29) is 11.4 Å². The van der Waals surface area contributed by atoms with Crippen LogP contribution >= 0.6 is 11.8 Å². The van der Waals surface area contributed by atoms with Crippen molar-refractivity contribution in [2.45, 2.75) is 28.5 Å². The Balaban J connectivity index is 2.06. The molecule has 0 amide bonds. The van der Waals surface area contributed by atoms with Gasteiger partial charge in [-0.05, 0) is 32.0 Å². The van der Waals surface area contributed by atoms with Crippen LogP contribution in [0.5, 0.6) is 0 Å². The van der Waals surface area contributed by atoms with Gasteiger partial charge in [-0.3, -0.25) is 30.3 Å². The maximum absolute atomic E-state index is 13.1. The zero-order valence-corrected chi connectivity index (χ0v) is 18.0. The van der Waals surface area contributed by atoms with Crippen molar-refractivity contribution < 1.29 is 23.2 Å². The minimum atomic E-state index is -4.56. The summed E-state index contributed by atoms with van der Waals surface area (Å²) in [4.78, 5) is 30.9. The van der Waals surface area contributed by atoms with E-state index in [1.807, 2.05) is 0 Å². The summed E-state index contributed by atoms with van der Waals surface area (Å²) in [7, 11) is -4.56. The number of hydrogen-bond acceptors (Lipinski definition) is 10. The first kappa shape index (κ1) is 22.8. The number of nitro groups is 3. The molecule has 0 N–H and O–H groups in total. The van der Waals surface area contributed by atoms with Crippen LogP contribution in [0.1, 0.15) is 11.4 Å². The van der Waals surface area contributed by atoms with Crippen molar-refractivity contribution >= 4 is 38.8 Å². The standard InChI is InChI=1S/C17H13N5O8S2/c1-10-17(31-14-6-3-12(4-7-14)20(23)24)11(2)19(18-10)32(29,30)16-8-5-13(21(25)26)9-15(16)22(27)28/h3-9H,1-2H3. The number of non-ortho nitro benzene ring substituents is 2. The summed E-state index contributed by atoms with van der Waals surface area (Å²) in [6.07, 6.45) is 0. The molecule has 0 aliphatic carbocycles. The monoisotopic (exact) mass is 479 g/mol. The molecule has 1 aromatic heterocycles. The Kier molecular flexibility index (Phi) is 5.96. The molecule has 2 aromatic carbocycles. The average Bonchev–Trinajstić information content (AvgIpc) is 3.02. The second-order valence-corrected chi connectivity index (χ2v) is 9.19. The fourth-order valence-electron chi connectivity index (χ4n) is 2.81. The number of hydrogen-bond donors (Lipinski definition) is 0. The number of rotatable bonds is 7. The molecule has 0 unspecified atom stereocenters. The van der Waals surface area contributed by atoms with Crippen molar-refractivity contribution in [2.75, 3.05) is 0 Å². The molecule has 0 saturated heterocycles. The van der Waals surface area contributed by atoms with Crippen molar-refractivity contribution in [3.63, 3.8) is 0 Å². The Labute approximate surface area is 184 Å². The van der Waals surface area contributed by atoms with Gasteiger partial charge in [-0.2, -0.15) is 17.6 Å². The molecule has 13 nitrogen and oxygen atoms in total. The van der Waals surface area contributed by atoms with Gasteiger partial charge >= 0.3 is 0 Å². The van der Waals surface area contributed by atoms with E-state index in [2.05, 4.69) is 5.10 Å². The molecule has 0 aliphatic rings. The van der Waals surface area contributed by atoms with Gasteiger partial charge in [-0.1, -0.05) is 11.8 Å². The summed E-state index contributed by atoms with van der Waals surface area (Å²) in [5, 5.41) is 37.1. The minimum Gasteiger partial charge on any atom is -0.258 e. The molecular formula is C17H13N5O8S2. The number of aryl methyl sites for hydroxylation is 1. The van der Waals surface area contributed by atoms with Crippen LogP contribution in [0, 0.1) is 44.2 Å². The van der Waals surface area contributed by atoms with Crippen LogP contribution < -0.4 is 0 Å². The summed E-state index contributed by atoms with van der Waals surface area (Å²) < 4.78 is 26.9. The number of nitro benzene ring substituents is 3. The van der Waals surface area contributed by atoms with Crippen molar-refractivity contribution in [3.8, 4) is 0 Å². The Morgan fingerprint density at radius 2 is 1.44 bits per heavy atom. The van der Waals surface area contributed by atoms with E-state index in [0.29, 0.717) is 25.6 Å². The summed E-state index contributed by atoms with van der Waals surface area (Å²) in [6, 6.07) is 7.82. The Hall–Kier alpha value is -3.85. The quantitative estimate of drug-likeness (QED) is 0.358. The highest BCUT2D eigenvalue weighted by atomic mass is 32.2. The van der Waals surface area contributed by atoms with Crippen LogP contribution in [0.3, 0.4) is 0 Å². The van der Waals surface area contributed by atoms with Crippen LogP contribution in [0.15, 0.2) is 57.2 Å². The van der Waals surface area contributed by atoms with Gasteiger partial charge in [0.25, 0.3) is 27.1 Å². The normalized spacial score (nSPS) is 11.3. The van der Waals surface area contributed by atoms with Crippen LogP contribution in [-0.4, -0.2) is 32.4 Å². The molecule has 0 spiro atoms. The molecule has 1 heterocycles. The second-order valence-electron chi connectivity index (χ2n) is 6.37. The zero-order valence-electron chi connectivity index (χ0n) is 16.4. The Morgan fingerprint density at radius 3 is 1.97 bits per heavy atom. The third-order valence-corrected chi connectivity index (χ3v) is 7.32.